The minimum Gasteiger partial charge on any atom is -0.504 e. The second-order valence-corrected chi connectivity index (χ2v) is 8.83. The van der Waals surface area contributed by atoms with Crippen molar-refractivity contribution in [2.45, 2.75) is 52.6 Å². The maximum Gasteiger partial charge on any atom is 0.220 e. The number of carbonyl (C=O) groups excluding carboxylic acids is 2. The van der Waals surface area contributed by atoms with Crippen molar-refractivity contribution in [1.29, 1.82) is 0 Å². The number of hydrogen-bond acceptors (Lipinski definition) is 3. The van der Waals surface area contributed by atoms with Crippen LogP contribution in [0.25, 0.3) is 0 Å². The fourth-order valence-corrected chi connectivity index (χ4v) is 6.42. The molecule has 3 fully saturated rings. The van der Waals surface area contributed by atoms with E-state index in [0.29, 0.717) is 24.8 Å². The topological polar surface area (TPSA) is 54.4 Å². The molecule has 134 valence electrons. The van der Waals surface area contributed by atoms with Gasteiger partial charge in [-0.15, -0.1) is 0 Å². The van der Waals surface area contributed by atoms with Crippen LogP contribution in [0, 0.1) is 28.6 Å². The largest absolute Gasteiger partial charge is 0.504 e. The zero-order chi connectivity index (χ0) is 18.3. The SMILES string of the molecule is C=C1C[C@@H]2[C@H](CC[C@]3(C)C(=O)[C@@H](F)C[C@@H]23)[C@@]2(C)C(C)=CC(=O)C(O)=C12. The molecule has 3 nitrogen and oxygen atoms in total. The molecule has 6 atom stereocenters. The second-order valence-electron chi connectivity index (χ2n) is 8.83. The first-order valence-electron chi connectivity index (χ1n) is 9.15. The van der Waals surface area contributed by atoms with Crippen molar-refractivity contribution in [2.75, 3.05) is 0 Å². The molecule has 4 rings (SSSR count). The molecule has 1 N–H and O–H groups in total. The summed E-state index contributed by atoms with van der Waals surface area (Å²) in [5, 5.41) is 10.4. The Kier molecular flexibility index (Phi) is 3.30. The van der Waals surface area contributed by atoms with E-state index in [1.807, 2.05) is 13.8 Å². The third-order valence-corrected chi connectivity index (χ3v) is 7.87. The molecule has 0 unspecified atom stereocenters. The molecule has 0 aliphatic heterocycles. The number of aliphatic hydroxyl groups excluding tert-OH is 1. The van der Waals surface area contributed by atoms with Crippen LogP contribution in [0.5, 0.6) is 0 Å². The summed E-state index contributed by atoms with van der Waals surface area (Å²) in [5.41, 5.74) is 1.33. The van der Waals surface area contributed by atoms with E-state index >= 15 is 0 Å². The highest BCUT2D eigenvalue weighted by Gasteiger charge is 2.63. The molecule has 0 radical (unpaired) electrons. The van der Waals surface area contributed by atoms with Crippen LogP contribution >= 0.6 is 0 Å². The summed E-state index contributed by atoms with van der Waals surface area (Å²) >= 11 is 0. The molecule has 4 aliphatic carbocycles. The van der Waals surface area contributed by atoms with E-state index in [2.05, 4.69) is 13.5 Å². The predicted octanol–water partition coefficient (Wildman–Crippen LogP) is 4.25. The van der Waals surface area contributed by atoms with Gasteiger partial charge in [-0.2, -0.15) is 0 Å². The van der Waals surface area contributed by atoms with Gasteiger partial charge in [-0.25, -0.2) is 4.39 Å². The molecule has 0 aromatic rings. The predicted molar refractivity (Wildman–Crippen MR) is 92.6 cm³/mol. The van der Waals surface area contributed by atoms with Gasteiger partial charge in [-0.1, -0.05) is 26.0 Å². The number of aliphatic hydroxyl groups is 1. The van der Waals surface area contributed by atoms with Gasteiger partial charge >= 0.3 is 0 Å². The Hall–Kier alpha value is -1.71. The van der Waals surface area contributed by atoms with Crippen molar-refractivity contribution in [3.05, 3.63) is 35.1 Å². The van der Waals surface area contributed by atoms with Crippen LogP contribution in [0.15, 0.2) is 35.1 Å². The molecule has 0 aromatic heterocycles. The minimum atomic E-state index is -1.36. The van der Waals surface area contributed by atoms with E-state index in [-0.39, 0.29) is 35.1 Å². The quantitative estimate of drug-likeness (QED) is 0.714. The maximum absolute atomic E-state index is 14.3. The molecule has 4 heteroatoms. The smallest absolute Gasteiger partial charge is 0.220 e. The average Bonchev–Trinajstić information content (AvgIpc) is 2.77. The molecule has 4 aliphatic rings. The molecule has 0 heterocycles. The van der Waals surface area contributed by atoms with Gasteiger partial charge in [0.25, 0.3) is 0 Å². The standard InChI is InChI=1S/C21H25FO3/c1-10-7-12-13(5-6-20(3)14(12)9-15(22)19(20)25)21(4)11(2)8-16(23)18(24)17(10)21/h8,12-15,24H,1,5-7,9H2,2-4H3/t12-,13+,14+,15+,20+,21-/m1/s1. The van der Waals surface area contributed by atoms with Crippen LogP contribution in [0.4, 0.5) is 4.39 Å². The lowest BCUT2D eigenvalue weighted by Crippen LogP contribution is -2.51. The lowest BCUT2D eigenvalue weighted by Gasteiger charge is -2.57. The fourth-order valence-electron chi connectivity index (χ4n) is 6.42. The monoisotopic (exact) mass is 344 g/mol. The third-order valence-electron chi connectivity index (χ3n) is 7.87. The Morgan fingerprint density at radius 2 is 1.96 bits per heavy atom. The van der Waals surface area contributed by atoms with E-state index in [0.717, 1.165) is 17.6 Å². The molecule has 25 heavy (non-hydrogen) atoms. The Morgan fingerprint density at radius 3 is 2.64 bits per heavy atom. The Balaban J connectivity index is 1.84. The van der Waals surface area contributed by atoms with Crippen LogP contribution < -0.4 is 0 Å². The number of Topliss-reactive ketones (excluding diaryl/α,β-unsaturated/α-hetero) is 1. The molecule has 0 bridgehead atoms. The number of rotatable bonds is 0. The molecule has 0 amide bonds. The Morgan fingerprint density at radius 1 is 1.28 bits per heavy atom. The number of allylic oxidation sites excluding steroid dienone is 4. The van der Waals surface area contributed by atoms with Crippen molar-refractivity contribution in [3.63, 3.8) is 0 Å². The number of halogens is 1. The molecular formula is C21H25FO3. The summed E-state index contributed by atoms with van der Waals surface area (Å²) < 4.78 is 14.3. The number of carbonyl (C=O) groups is 2. The van der Waals surface area contributed by atoms with Gasteiger partial charge in [-0.05, 0) is 62.0 Å². The molecule has 0 spiro atoms. The molecule has 0 saturated heterocycles. The van der Waals surface area contributed by atoms with E-state index in [1.165, 1.54) is 6.08 Å². The van der Waals surface area contributed by atoms with Crippen molar-refractivity contribution in [2.24, 2.45) is 28.6 Å². The van der Waals surface area contributed by atoms with Crippen molar-refractivity contribution in [1.82, 2.24) is 0 Å². The van der Waals surface area contributed by atoms with E-state index < -0.39 is 17.0 Å². The van der Waals surface area contributed by atoms with Crippen molar-refractivity contribution in [3.8, 4) is 0 Å². The summed E-state index contributed by atoms with van der Waals surface area (Å²) in [4.78, 5) is 24.5. The summed E-state index contributed by atoms with van der Waals surface area (Å²) in [7, 11) is 0. The Labute approximate surface area is 147 Å². The highest BCUT2D eigenvalue weighted by atomic mass is 19.1. The van der Waals surface area contributed by atoms with Crippen molar-refractivity contribution < 1.29 is 19.1 Å². The highest BCUT2D eigenvalue weighted by molar-refractivity contribution is 6.05. The maximum atomic E-state index is 14.3. The molecule has 3 saturated carbocycles. The van der Waals surface area contributed by atoms with Gasteiger partial charge in [0.15, 0.2) is 17.7 Å². The third kappa shape index (κ3) is 1.86. The fraction of sp³-hybridized carbons (Fsp3) is 0.619. The van der Waals surface area contributed by atoms with Crippen molar-refractivity contribution >= 4 is 11.6 Å². The summed E-state index contributed by atoms with van der Waals surface area (Å²) in [6.45, 7) is 10.1. The molecular weight excluding hydrogens is 319 g/mol. The molecule has 0 aromatic carbocycles. The highest BCUT2D eigenvalue weighted by Crippen LogP contribution is 2.66. The van der Waals surface area contributed by atoms with Gasteiger partial charge < -0.3 is 5.11 Å². The summed E-state index contributed by atoms with van der Waals surface area (Å²) in [6, 6.07) is 0. The van der Waals surface area contributed by atoms with Gasteiger partial charge in [0.1, 0.15) is 0 Å². The summed E-state index contributed by atoms with van der Waals surface area (Å²) in [5.74, 6) is -0.413. The second kappa shape index (κ2) is 4.93. The van der Waals surface area contributed by atoms with Crippen LogP contribution in [-0.2, 0) is 9.59 Å². The van der Waals surface area contributed by atoms with E-state index in [4.69, 9.17) is 0 Å². The van der Waals surface area contributed by atoms with Crippen LogP contribution in [0.2, 0.25) is 0 Å². The van der Waals surface area contributed by atoms with Crippen LogP contribution in [-0.4, -0.2) is 22.8 Å². The first kappa shape index (κ1) is 16.7. The number of ketones is 2. The average molecular weight is 344 g/mol. The zero-order valence-electron chi connectivity index (χ0n) is 15.1. The summed E-state index contributed by atoms with van der Waals surface area (Å²) in [6.07, 6.45) is 2.57. The van der Waals surface area contributed by atoms with Gasteiger partial charge in [0.2, 0.25) is 5.78 Å². The van der Waals surface area contributed by atoms with Gasteiger partial charge in [-0.3, -0.25) is 9.59 Å². The zero-order valence-corrected chi connectivity index (χ0v) is 15.1. The lowest BCUT2D eigenvalue weighted by molar-refractivity contribution is -0.134. The van der Waals surface area contributed by atoms with Crippen LogP contribution in [0.1, 0.15) is 46.5 Å². The Bertz CT molecular complexity index is 776. The minimum absolute atomic E-state index is 0.0106. The van der Waals surface area contributed by atoms with E-state index in [1.54, 1.807) is 0 Å². The number of fused-ring (bicyclic) bond motifs is 5. The normalized spacial score (nSPS) is 46.6. The van der Waals surface area contributed by atoms with Crippen LogP contribution in [0.3, 0.4) is 0 Å². The first-order chi connectivity index (χ1) is 11.6. The number of alkyl halides is 1. The van der Waals surface area contributed by atoms with E-state index in [9.17, 15) is 19.1 Å². The lowest BCUT2D eigenvalue weighted by atomic mass is 9.46. The van der Waals surface area contributed by atoms with Gasteiger partial charge in [0.05, 0.1) is 0 Å². The first-order valence-corrected chi connectivity index (χ1v) is 9.15. The number of hydrogen-bond donors (Lipinski definition) is 1. The van der Waals surface area contributed by atoms with Gasteiger partial charge in [0, 0.05) is 16.4 Å².